The van der Waals surface area contributed by atoms with E-state index in [9.17, 15) is 9.50 Å². The van der Waals surface area contributed by atoms with Crippen molar-refractivity contribution in [1.29, 1.82) is 0 Å². The molecule has 0 bridgehead atoms. The third-order valence-corrected chi connectivity index (χ3v) is 4.09. The normalized spacial score (nSPS) is 12.0. The van der Waals surface area contributed by atoms with E-state index in [0.717, 1.165) is 0 Å². The van der Waals surface area contributed by atoms with Crippen LogP contribution in [0.15, 0.2) is 40.9 Å². The molecule has 1 atom stereocenters. The van der Waals surface area contributed by atoms with Gasteiger partial charge in [0, 0.05) is 12.5 Å². The smallest absolute Gasteiger partial charge is 0.137 e. The zero-order valence-electron chi connectivity index (χ0n) is 11.8. The van der Waals surface area contributed by atoms with Crippen molar-refractivity contribution < 1.29 is 19.0 Å². The lowest BCUT2D eigenvalue weighted by molar-refractivity contribution is 0.177. The summed E-state index contributed by atoms with van der Waals surface area (Å²) in [6.45, 7) is 0. The Morgan fingerprint density at radius 1 is 1.14 bits per heavy atom. The number of aliphatic hydroxyl groups is 1. The Kier molecular flexibility index (Phi) is 5.20. The number of hydrogen-bond acceptors (Lipinski definition) is 3. The molecule has 112 valence electrons. The maximum atomic E-state index is 13.5. The predicted molar refractivity (Wildman–Crippen MR) is 82.3 cm³/mol. The summed E-state index contributed by atoms with van der Waals surface area (Å²) in [6.07, 6.45) is -0.499. The van der Waals surface area contributed by atoms with Gasteiger partial charge in [-0.15, -0.1) is 0 Å². The maximum absolute atomic E-state index is 13.5. The molecule has 0 aromatic heterocycles. The number of methoxy groups -OCH3 is 2. The molecule has 2 aromatic carbocycles. The van der Waals surface area contributed by atoms with Crippen LogP contribution >= 0.6 is 15.9 Å². The Hall–Kier alpha value is -1.59. The fraction of sp³-hybridized carbons (Fsp3) is 0.250. The third kappa shape index (κ3) is 3.74. The second-order valence-electron chi connectivity index (χ2n) is 4.58. The highest BCUT2D eigenvalue weighted by Gasteiger charge is 2.14. The first kappa shape index (κ1) is 15.8. The summed E-state index contributed by atoms with van der Waals surface area (Å²) in [5.74, 6) is 0.853. The van der Waals surface area contributed by atoms with E-state index in [1.54, 1.807) is 44.6 Å². The van der Waals surface area contributed by atoms with Crippen LogP contribution in [0.3, 0.4) is 0 Å². The first-order valence-corrected chi connectivity index (χ1v) is 7.18. The van der Waals surface area contributed by atoms with E-state index >= 15 is 0 Å². The molecule has 0 aliphatic rings. The minimum absolute atomic E-state index is 0.286. The van der Waals surface area contributed by atoms with Crippen LogP contribution < -0.4 is 9.47 Å². The van der Waals surface area contributed by atoms with Gasteiger partial charge in [-0.25, -0.2) is 4.39 Å². The van der Waals surface area contributed by atoms with Crippen molar-refractivity contribution in [3.05, 3.63) is 57.8 Å². The Bertz CT molecular complexity index is 609. The molecule has 21 heavy (non-hydrogen) atoms. The third-order valence-electron chi connectivity index (χ3n) is 3.20. The topological polar surface area (TPSA) is 38.7 Å². The predicted octanol–water partition coefficient (Wildman–Crippen LogP) is 3.88. The number of aliphatic hydroxyl groups excluding tert-OH is 1. The summed E-state index contributed by atoms with van der Waals surface area (Å²) in [4.78, 5) is 0. The average Bonchev–Trinajstić information content (AvgIpc) is 2.51. The summed E-state index contributed by atoms with van der Waals surface area (Å²) in [5.41, 5.74) is 1.35. The maximum Gasteiger partial charge on any atom is 0.137 e. The van der Waals surface area contributed by atoms with Crippen LogP contribution in [0.5, 0.6) is 11.5 Å². The van der Waals surface area contributed by atoms with Crippen molar-refractivity contribution in [3.8, 4) is 11.5 Å². The summed E-state index contributed by atoms with van der Waals surface area (Å²) in [6, 6.07) is 9.96. The molecule has 1 N–H and O–H groups in total. The molecule has 0 aliphatic carbocycles. The van der Waals surface area contributed by atoms with Crippen LogP contribution in [0, 0.1) is 5.82 Å². The van der Waals surface area contributed by atoms with Crippen LogP contribution in [0.4, 0.5) is 4.39 Å². The van der Waals surface area contributed by atoms with Gasteiger partial charge in [0.25, 0.3) is 0 Å². The number of benzene rings is 2. The number of hydrogen-bond donors (Lipinski definition) is 1. The Balaban J connectivity index is 2.27. The van der Waals surface area contributed by atoms with Gasteiger partial charge in [0.15, 0.2) is 0 Å². The summed E-state index contributed by atoms with van der Waals surface area (Å²) < 4.78 is 24.2. The molecule has 0 radical (unpaired) electrons. The first-order chi connectivity index (χ1) is 10.0. The monoisotopic (exact) mass is 354 g/mol. The molecular weight excluding hydrogens is 339 g/mol. The van der Waals surface area contributed by atoms with Crippen LogP contribution in [0.2, 0.25) is 0 Å². The van der Waals surface area contributed by atoms with Crippen LogP contribution in [-0.2, 0) is 6.42 Å². The minimum Gasteiger partial charge on any atom is -0.497 e. The first-order valence-electron chi connectivity index (χ1n) is 6.39. The lowest BCUT2D eigenvalue weighted by atomic mass is 10.0. The van der Waals surface area contributed by atoms with Crippen LogP contribution in [0.1, 0.15) is 17.2 Å². The fourth-order valence-electron chi connectivity index (χ4n) is 2.05. The molecular formula is C16H16BrFO3. The molecule has 3 nitrogen and oxygen atoms in total. The van der Waals surface area contributed by atoms with Crippen molar-refractivity contribution in [2.24, 2.45) is 0 Å². The van der Waals surface area contributed by atoms with Crippen molar-refractivity contribution in [1.82, 2.24) is 0 Å². The summed E-state index contributed by atoms with van der Waals surface area (Å²) in [5, 5.41) is 10.4. The van der Waals surface area contributed by atoms with Gasteiger partial charge in [-0.3, -0.25) is 0 Å². The van der Waals surface area contributed by atoms with Crippen LogP contribution in [-0.4, -0.2) is 19.3 Å². The molecule has 5 heteroatoms. The van der Waals surface area contributed by atoms with Gasteiger partial charge < -0.3 is 14.6 Å². The van der Waals surface area contributed by atoms with Crippen molar-refractivity contribution in [3.63, 3.8) is 0 Å². The van der Waals surface area contributed by atoms with Crippen molar-refractivity contribution in [2.45, 2.75) is 12.5 Å². The molecule has 1 unspecified atom stereocenters. The van der Waals surface area contributed by atoms with Gasteiger partial charge in [-0.05, 0) is 45.3 Å². The second-order valence-corrected chi connectivity index (χ2v) is 5.37. The molecule has 0 fully saturated rings. The van der Waals surface area contributed by atoms with E-state index in [1.165, 1.54) is 6.07 Å². The number of rotatable bonds is 5. The van der Waals surface area contributed by atoms with E-state index in [2.05, 4.69) is 15.9 Å². The zero-order chi connectivity index (χ0) is 15.4. The quantitative estimate of drug-likeness (QED) is 0.885. The van der Waals surface area contributed by atoms with E-state index in [-0.39, 0.29) is 12.2 Å². The SMILES string of the molecule is COc1cc(OC)cc(C(O)Cc2cccc(F)c2Br)c1. The van der Waals surface area contributed by atoms with Crippen molar-refractivity contribution in [2.75, 3.05) is 14.2 Å². The molecule has 2 aromatic rings. The van der Waals surface area contributed by atoms with Gasteiger partial charge in [0.1, 0.15) is 17.3 Å². The standard InChI is InChI=1S/C16H16BrFO3/c1-20-12-6-11(7-13(9-12)21-2)15(19)8-10-4-3-5-14(18)16(10)17/h3-7,9,15,19H,8H2,1-2H3. The van der Waals surface area contributed by atoms with E-state index < -0.39 is 6.10 Å². The van der Waals surface area contributed by atoms with E-state index in [1.807, 2.05) is 0 Å². The molecule has 0 spiro atoms. The zero-order valence-corrected chi connectivity index (χ0v) is 13.4. The molecule has 0 amide bonds. The fourth-order valence-corrected chi connectivity index (χ4v) is 2.48. The van der Waals surface area contributed by atoms with E-state index in [4.69, 9.17) is 9.47 Å². The van der Waals surface area contributed by atoms with Crippen molar-refractivity contribution >= 4 is 15.9 Å². The molecule has 0 aliphatic heterocycles. The molecule has 0 heterocycles. The Labute approximate surface area is 131 Å². The summed E-state index contributed by atoms with van der Waals surface area (Å²) in [7, 11) is 3.10. The van der Waals surface area contributed by atoms with Gasteiger partial charge in [-0.2, -0.15) is 0 Å². The largest absolute Gasteiger partial charge is 0.497 e. The highest BCUT2D eigenvalue weighted by atomic mass is 79.9. The molecule has 0 saturated carbocycles. The lowest BCUT2D eigenvalue weighted by Gasteiger charge is -2.15. The highest BCUT2D eigenvalue weighted by Crippen LogP contribution is 2.30. The van der Waals surface area contributed by atoms with Crippen LogP contribution in [0.25, 0.3) is 0 Å². The Morgan fingerprint density at radius 3 is 2.33 bits per heavy atom. The number of ether oxygens (including phenoxy) is 2. The van der Waals surface area contributed by atoms with Gasteiger partial charge in [-0.1, -0.05) is 12.1 Å². The second kappa shape index (κ2) is 6.91. The Morgan fingerprint density at radius 2 is 1.76 bits per heavy atom. The molecule has 0 saturated heterocycles. The van der Waals surface area contributed by atoms with Gasteiger partial charge in [0.05, 0.1) is 24.8 Å². The highest BCUT2D eigenvalue weighted by molar-refractivity contribution is 9.10. The minimum atomic E-state index is -0.785. The van der Waals surface area contributed by atoms with Gasteiger partial charge in [0.2, 0.25) is 0 Å². The lowest BCUT2D eigenvalue weighted by Crippen LogP contribution is -2.04. The molecule has 2 rings (SSSR count). The van der Waals surface area contributed by atoms with E-state index in [0.29, 0.717) is 27.1 Å². The van der Waals surface area contributed by atoms with Gasteiger partial charge >= 0.3 is 0 Å². The summed E-state index contributed by atoms with van der Waals surface area (Å²) >= 11 is 3.20. The average molecular weight is 355 g/mol. The number of halogens is 2.